The van der Waals surface area contributed by atoms with Crippen LogP contribution in [0.15, 0.2) is 30.3 Å². The Labute approximate surface area is 94.1 Å². The lowest BCUT2D eigenvalue weighted by atomic mass is 9.97. The number of aromatic nitrogens is 1. The number of nitrogens with zero attached hydrogens (tertiary/aromatic N) is 1. The fourth-order valence-corrected chi connectivity index (χ4v) is 2.07. The van der Waals surface area contributed by atoms with E-state index in [1.54, 1.807) is 6.07 Å². The lowest BCUT2D eigenvalue weighted by Gasteiger charge is -2.26. The summed E-state index contributed by atoms with van der Waals surface area (Å²) in [4.78, 5) is 4.52. The fourth-order valence-electron chi connectivity index (χ4n) is 2.07. The van der Waals surface area contributed by atoms with E-state index in [4.69, 9.17) is 0 Å². The van der Waals surface area contributed by atoms with Crippen LogP contribution in [0, 0.1) is 5.92 Å². The van der Waals surface area contributed by atoms with Crippen molar-refractivity contribution >= 4 is 10.9 Å². The quantitative estimate of drug-likeness (QED) is 0.799. The molecule has 1 saturated heterocycles. The van der Waals surface area contributed by atoms with Crippen molar-refractivity contribution in [1.82, 2.24) is 10.3 Å². The maximum absolute atomic E-state index is 9.73. The summed E-state index contributed by atoms with van der Waals surface area (Å²) in [5, 5.41) is 14.0. The van der Waals surface area contributed by atoms with E-state index in [0.29, 0.717) is 11.4 Å². The highest BCUT2D eigenvalue weighted by Crippen LogP contribution is 2.23. The molecule has 0 saturated carbocycles. The van der Waals surface area contributed by atoms with Gasteiger partial charge in [-0.25, -0.2) is 4.98 Å². The molecule has 0 radical (unpaired) electrons. The van der Waals surface area contributed by atoms with Crippen LogP contribution >= 0.6 is 0 Å². The SMILES string of the molecule is Oc1cccc2ccc(CC3CNC3)nc12. The number of hydrogen-bond donors (Lipinski definition) is 2. The van der Waals surface area contributed by atoms with E-state index in [0.717, 1.165) is 30.6 Å². The predicted molar refractivity (Wildman–Crippen MR) is 63.5 cm³/mol. The second kappa shape index (κ2) is 3.76. The Morgan fingerprint density at radius 3 is 2.88 bits per heavy atom. The summed E-state index contributed by atoms with van der Waals surface area (Å²) in [6.45, 7) is 2.17. The summed E-state index contributed by atoms with van der Waals surface area (Å²) in [6, 6.07) is 9.58. The molecule has 2 aromatic rings. The Morgan fingerprint density at radius 2 is 2.12 bits per heavy atom. The zero-order valence-corrected chi connectivity index (χ0v) is 8.98. The van der Waals surface area contributed by atoms with E-state index in [9.17, 15) is 5.11 Å². The van der Waals surface area contributed by atoms with E-state index in [1.807, 2.05) is 18.2 Å². The Kier molecular flexibility index (Phi) is 2.26. The number of hydrogen-bond acceptors (Lipinski definition) is 3. The molecule has 2 heterocycles. The monoisotopic (exact) mass is 214 g/mol. The molecule has 82 valence electrons. The first-order valence-corrected chi connectivity index (χ1v) is 5.61. The number of phenols is 1. The molecule has 1 aliphatic rings. The molecule has 0 bridgehead atoms. The standard InChI is InChI=1S/C13H14N2O/c16-12-3-1-2-10-4-5-11(15-13(10)12)6-9-7-14-8-9/h1-5,9,14,16H,6-8H2. The minimum atomic E-state index is 0.270. The summed E-state index contributed by atoms with van der Waals surface area (Å²) >= 11 is 0. The van der Waals surface area contributed by atoms with Crippen molar-refractivity contribution in [3.63, 3.8) is 0 Å². The minimum Gasteiger partial charge on any atom is -0.506 e. The third-order valence-electron chi connectivity index (χ3n) is 3.12. The molecule has 3 nitrogen and oxygen atoms in total. The van der Waals surface area contributed by atoms with Gasteiger partial charge in [-0.2, -0.15) is 0 Å². The van der Waals surface area contributed by atoms with Crippen LogP contribution in [0.2, 0.25) is 0 Å². The summed E-state index contributed by atoms with van der Waals surface area (Å²) in [7, 11) is 0. The summed E-state index contributed by atoms with van der Waals surface area (Å²) < 4.78 is 0. The number of pyridine rings is 1. The molecule has 3 heteroatoms. The van der Waals surface area contributed by atoms with Gasteiger partial charge in [0, 0.05) is 11.1 Å². The molecule has 0 amide bonds. The zero-order chi connectivity index (χ0) is 11.0. The average Bonchev–Trinajstić information content (AvgIpc) is 2.24. The predicted octanol–water partition coefficient (Wildman–Crippen LogP) is 1.70. The van der Waals surface area contributed by atoms with Gasteiger partial charge in [0.1, 0.15) is 11.3 Å². The Morgan fingerprint density at radius 1 is 1.25 bits per heavy atom. The van der Waals surface area contributed by atoms with E-state index in [-0.39, 0.29) is 5.75 Å². The molecule has 0 aliphatic carbocycles. The number of phenolic OH excluding ortho intramolecular Hbond substituents is 1. The molecule has 1 aromatic heterocycles. The number of aromatic hydroxyl groups is 1. The molecule has 2 N–H and O–H groups in total. The first-order chi connectivity index (χ1) is 7.83. The lowest BCUT2D eigenvalue weighted by molar-refractivity contribution is 0.344. The third kappa shape index (κ3) is 1.63. The summed E-state index contributed by atoms with van der Waals surface area (Å²) in [5.74, 6) is 0.974. The maximum atomic E-state index is 9.73. The van der Waals surface area contributed by atoms with Gasteiger partial charge in [0.05, 0.1) is 0 Å². The molecular weight excluding hydrogens is 200 g/mol. The molecule has 0 atom stereocenters. The Hall–Kier alpha value is -1.61. The average molecular weight is 214 g/mol. The maximum Gasteiger partial charge on any atom is 0.141 e. The first kappa shape index (κ1) is 9.60. The van der Waals surface area contributed by atoms with Gasteiger partial charge in [0.15, 0.2) is 0 Å². The topological polar surface area (TPSA) is 45.1 Å². The largest absolute Gasteiger partial charge is 0.506 e. The molecule has 3 rings (SSSR count). The highest BCUT2D eigenvalue weighted by atomic mass is 16.3. The van der Waals surface area contributed by atoms with Crippen molar-refractivity contribution in [2.45, 2.75) is 6.42 Å². The second-order valence-corrected chi connectivity index (χ2v) is 4.38. The number of rotatable bonds is 2. The molecule has 1 fully saturated rings. The van der Waals surface area contributed by atoms with Gasteiger partial charge in [-0.1, -0.05) is 18.2 Å². The van der Waals surface area contributed by atoms with Gasteiger partial charge >= 0.3 is 0 Å². The van der Waals surface area contributed by atoms with E-state index >= 15 is 0 Å². The van der Waals surface area contributed by atoms with Gasteiger partial charge in [-0.05, 0) is 37.6 Å². The molecule has 0 unspecified atom stereocenters. The van der Waals surface area contributed by atoms with Gasteiger partial charge in [-0.3, -0.25) is 0 Å². The summed E-state index contributed by atoms with van der Waals surface area (Å²) in [5.41, 5.74) is 1.78. The van der Waals surface area contributed by atoms with E-state index in [2.05, 4.69) is 16.4 Å². The molecular formula is C13H14N2O. The van der Waals surface area contributed by atoms with Crippen LogP contribution in [-0.4, -0.2) is 23.2 Å². The normalized spacial score (nSPS) is 16.2. The van der Waals surface area contributed by atoms with Crippen LogP contribution in [0.1, 0.15) is 5.69 Å². The van der Waals surface area contributed by atoms with Crippen molar-refractivity contribution in [2.24, 2.45) is 5.92 Å². The van der Waals surface area contributed by atoms with Crippen LogP contribution in [0.3, 0.4) is 0 Å². The lowest BCUT2D eigenvalue weighted by Crippen LogP contribution is -2.43. The van der Waals surface area contributed by atoms with Crippen molar-refractivity contribution in [2.75, 3.05) is 13.1 Å². The van der Waals surface area contributed by atoms with Crippen LogP contribution in [0.25, 0.3) is 10.9 Å². The number of fused-ring (bicyclic) bond motifs is 1. The second-order valence-electron chi connectivity index (χ2n) is 4.38. The Balaban J connectivity index is 1.97. The molecule has 16 heavy (non-hydrogen) atoms. The zero-order valence-electron chi connectivity index (χ0n) is 8.98. The molecule has 0 spiro atoms. The smallest absolute Gasteiger partial charge is 0.141 e. The van der Waals surface area contributed by atoms with Crippen LogP contribution in [0.4, 0.5) is 0 Å². The number of benzene rings is 1. The van der Waals surface area contributed by atoms with Gasteiger partial charge in [0.2, 0.25) is 0 Å². The van der Waals surface area contributed by atoms with E-state index < -0.39 is 0 Å². The molecule has 1 aromatic carbocycles. The third-order valence-corrected chi connectivity index (χ3v) is 3.12. The highest BCUT2D eigenvalue weighted by molar-refractivity contribution is 5.84. The van der Waals surface area contributed by atoms with Gasteiger partial charge in [-0.15, -0.1) is 0 Å². The van der Waals surface area contributed by atoms with Gasteiger partial charge in [0.25, 0.3) is 0 Å². The molecule has 1 aliphatic heterocycles. The van der Waals surface area contributed by atoms with Crippen molar-refractivity contribution < 1.29 is 5.11 Å². The minimum absolute atomic E-state index is 0.270. The number of nitrogens with one attached hydrogen (secondary N) is 1. The first-order valence-electron chi connectivity index (χ1n) is 5.61. The van der Waals surface area contributed by atoms with Crippen molar-refractivity contribution in [3.05, 3.63) is 36.0 Å². The van der Waals surface area contributed by atoms with E-state index in [1.165, 1.54) is 0 Å². The summed E-state index contributed by atoms with van der Waals surface area (Å²) in [6.07, 6.45) is 0.997. The van der Waals surface area contributed by atoms with Crippen LogP contribution < -0.4 is 5.32 Å². The number of para-hydroxylation sites is 1. The van der Waals surface area contributed by atoms with Crippen molar-refractivity contribution in [3.8, 4) is 5.75 Å². The van der Waals surface area contributed by atoms with Gasteiger partial charge < -0.3 is 10.4 Å². The fraction of sp³-hybridized carbons (Fsp3) is 0.308. The Bertz CT molecular complexity index is 520. The van der Waals surface area contributed by atoms with Crippen molar-refractivity contribution in [1.29, 1.82) is 0 Å². The van der Waals surface area contributed by atoms with Crippen LogP contribution in [-0.2, 0) is 6.42 Å². The highest BCUT2D eigenvalue weighted by Gasteiger charge is 2.17. The van der Waals surface area contributed by atoms with Crippen LogP contribution in [0.5, 0.6) is 5.75 Å².